The normalized spacial score (nSPS) is 13.2. The number of methoxy groups -OCH3 is 1. The third-order valence-corrected chi connectivity index (χ3v) is 5.38. The molecule has 7 heteroatoms. The van der Waals surface area contributed by atoms with Crippen LogP contribution in [0.15, 0.2) is 24.3 Å². The van der Waals surface area contributed by atoms with Gasteiger partial charge in [0.1, 0.15) is 11.8 Å². The fourth-order valence-electron chi connectivity index (χ4n) is 2.94. The van der Waals surface area contributed by atoms with E-state index in [-0.39, 0.29) is 23.8 Å². The van der Waals surface area contributed by atoms with E-state index in [0.717, 1.165) is 10.6 Å². The molecule has 0 heterocycles. The van der Waals surface area contributed by atoms with E-state index in [1.54, 1.807) is 31.2 Å². The molecule has 0 bridgehead atoms. The van der Waals surface area contributed by atoms with Gasteiger partial charge in [-0.3, -0.25) is 9.10 Å². The minimum atomic E-state index is -3.65. The smallest absolute Gasteiger partial charge is 0.243 e. The van der Waals surface area contributed by atoms with E-state index in [1.807, 2.05) is 27.7 Å². The Balaban J connectivity index is 3.17. The number of nitrogens with zero attached hydrogens (tertiary/aromatic N) is 1. The lowest BCUT2D eigenvalue weighted by Gasteiger charge is -2.32. The predicted octanol–water partition coefficient (Wildman–Crippen LogP) is 2.65. The molecule has 0 aliphatic carbocycles. The van der Waals surface area contributed by atoms with Gasteiger partial charge in [-0.25, -0.2) is 8.42 Å². The van der Waals surface area contributed by atoms with Crippen molar-refractivity contribution in [1.82, 2.24) is 5.32 Å². The molecule has 0 aliphatic heterocycles. The Morgan fingerprint density at radius 3 is 2.12 bits per heavy atom. The number of carbonyl (C=O) groups is 1. The Morgan fingerprint density at radius 2 is 1.68 bits per heavy atom. The molecule has 0 spiro atoms. The summed E-state index contributed by atoms with van der Waals surface area (Å²) >= 11 is 0. The lowest BCUT2D eigenvalue weighted by atomic mass is 9.93. The van der Waals surface area contributed by atoms with Crippen molar-refractivity contribution in [3.63, 3.8) is 0 Å². The first-order chi connectivity index (χ1) is 11.5. The molecule has 1 rings (SSSR count). The van der Waals surface area contributed by atoms with Gasteiger partial charge in [0, 0.05) is 12.1 Å². The van der Waals surface area contributed by atoms with Gasteiger partial charge in [0.05, 0.1) is 19.1 Å². The summed E-state index contributed by atoms with van der Waals surface area (Å²) in [6.07, 6.45) is 1.10. The molecule has 25 heavy (non-hydrogen) atoms. The van der Waals surface area contributed by atoms with Crippen LogP contribution in [0.5, 0.6) is 5.75 Å². The summed E-state index contributed by atoms with van der Waals surface area (Å²) in [5.41, 5.74) is 0.398. The van der Waals surface area contributed by atoms with Crippen LogP contribution in [-0.2, 0) is 14.8 Å². The third kappa shape index (κ3) is 5.63. The minimum Gasteiger partial charge on any atom is -0.497 e. The molecule has 0 radical (unpaired) electrons. The molecule has 0 fully saturated rings. The highest BCUT2D eigenvalue weighted by molar-refractivity contribution is 7.92. The van der Waals surface area contributed by atoms with Gasteiger partial charge in [-0.2, -0.15) is 0 Å². The van der Waals surface area contributed by atoms with Crippen molar-refractivity contribution >= 4 is 21.6 Å². The van der Waals surface area contributed by atoms with Gasteiger partial charge in [-0.15, -0.1) is 0 Å². The maximum Gasteiger partial charge on any atom is 0.243 e. The van der Waals surface area contributed by atoms with Crippen LogP contribution in [0.4, 0.5) is 5.69 Å². The van der Waals surface area contributed by atoms with Crippen LogP contribution < -0.4 is 14.4 Å². The first-order valence-corrected chi connectivity index (χ1v) is 10.3. The van der Waals surface area contributed by atoms with Gasteiger partial charge in [0.15, 0.2) is 0 Å². The molecule has 0 saturated carbocycles. The second kappa shape index (κ2) is 8.56. The molecule has 1 amide bonds. The second-order valence-electron chi connectivity index (χ2n) is 6.96. The maximum atomic E-state index is 12.7. The standard InChI is InChI=1S/C18H30N2O4S/c1-12(2)17(13(3)4)19-18(21)14(5)20(25(7,22)23)15-9-8-10-16(11-15)24-6/h8-14,17H,1-7H3,(H,19,21)/t14-/m0/s1. The van der Waals surface area contributed by atoms with Crippen molar-refractivity contribution in [3.8, 4) is 5.75 Å². The Kier molecular flexibility index (Phi) is 7.29. The fraction of sp³-hybridized carbons (Fsp3) is 0.611. The highest BCUT2D eigenvalue weighted by Crippen LogP contribution is 2.25. The van der Waals surface area contributed by atoms with E-state index in [9.17, 15) is 13.2 Å². The Bertz CT molecular complexity index is 678. The second-order valence-corrected chi connectivity index (χ2v) is 8.82. The quantitative estimate of drug-likeness (QED) is 0.763. The Morgan fingerprint density at radius 1 is 1.12 bits per heavy atom. The number of rotatable bonds is 8. The number of ether oxygens (including phenoxy) is 1. The molecule has 0 saturated heterocycles. The maximum absolute atomic E-state index is 12.7. The zero-order chi connectivity index (χ0) is 19.4. The van der Waals surface area contributed by atoms with Crippen LogP contribution in [-0.4, -0.2) is 39.8 Å². The van der Waals surface area contributed by atoms with Gasteiger partial charge >= 0.3 is 0 Å². The monoisotopic (exact) mass is 370 g/mol. The van der Waals surface area contributed by atoms with Crippen LogP contribution in [0.25, 0.3) is 0 Å². The summed E-state index contributed by atoms with van der Waals surface area (Å²) in [7, 11) is -2.14. The summed E-state index contributed by atoms with van der Waals surface area (Å²) < 4.78 is 31.0. The van der Waals surface area contributed by atoms with E-state index in [0.29, 0.717) is 11.4 Å². The van der Waals surface area contributed by atoms with Gasteiger partial charge < -0.3 is 10.1 Å². The van der Waals surface area contributed by atoms with Gasteiger partial charge in [0.2, 0.25) is 15.9 Å². The van der Waals surface area contributed by atoms with Crippen LogP contribution >= 0.6 is 0 Å². The summed E-state index contributed by atoms with van der Waals surface area (Å²) in [5.74, 6) is 0.709. The number of anilines is 1. The Hall–Kier alpha value is -1.76. The zero-order valence-corrected chi connectivity index (χ0v) is 16.9. The van der Waals surface area contributed by atoms with E-state index in [2.05, 4.69) is 5.32 Å². The van der Waals surface area contributed by atoms with Crippen LogP contribution in [0.1, 0.15) is 34.6 Å². The van der Waals surface area contributed by atoms with Crippen LogP contribution in [0.3, 0.4) is 0 Å². The van der Waals surface area contributed by atoms with Crippen molar-refractivity contribution in [2.45, 2.75) is 46.7 Å². The zero-order valence-electron chi connectivity index (χ0n) is 16.1. The highest BCUT2D eigenvalue weighted by Gasteiger charge is 2.31. The van der Waals surface area contributed by atoms with Crippen LogP contribution in [0.2, 0.25) is 0 Å². The third-order valence-electron chi connectivity index (χ3n) is 4.14. The average Bonchev–Trinajstić information content (AvgIpc) is 2.50. The number of benzene rings is 1. The number of sulfonamides is 1. The predicted molar refractivity (Wildman–Crippen MR) is 101 cm³/mol. The van der Waals surface area contributed by atoms with Crippen molar-refractivity contribution in [2.24, 2.45) is 11.8 Å². The number of hydrogen-bond donors (Lipinski definition) is 1. The number of hydrogen-bond acceptors (Lipinski definition) is 4. The molecule has 0 aliphatic rings. The SMILES string of the molecule is COc1cccc(N([C@@H](C)C(=O)NC(C(C)C)C(C)C)S(C)(=O)=O)c1. The van der Waals surface area contributed by atoms with Crippen molar-refractivity contribution in [2.75, 3.05) is 17.7 Å². The summed E-state index contributed by atoms with van der Waals surface area (Å²) in [5, 5.41) is 2.99. The van der Waals surface area contributed by atoms with Crippen molar-refractivity contribution < 1.29 is 17.9 Å². The number of nitrogens with one attached hydrogen (secondary N) is 1. The van der Waals surface area contributed by atoms with Gasteiger partial charge in [-0.05, 0) is 30.9 Å². The summed E-state index contributed by atoms with van der Waals surface area (Å²) in [6.45, 7) is 9.73. The topological polar surface area (TPSA) is 75.7 Å². The lowest BCUT2D eigenvalue weighted by molar-refractivity contribution is -0.123. The molecular weight excluding hydrogens is 340 g/mol. The Labute approximate surface area is 151 Å². The number of amides is 1. The number of carbonyl (C=O) groups excluding carboxylic acids is 1. The van der Waals surface area contributed by atoms with E-state index < -0.39 is 16.1 Å². The van der Waals surface area contributed by atoms with Crippen molar-refractivity contribution in [3.05, 3.63) is 24.3 Å². The molecule has 1 aromatic rings. The van der Waals surface area contributed by atoms with Gasteiger partial charge in [0.25, 0.3) is 0 Å². The molecule has 142 valence electrons. The molecule has 1 aromatic carbocycles. The molecule has 0 aromatic heterocycles. The first-order valence-electron chi connectivity index (χ1n) is 8.42. The molecule has 1 atom stereocenters. The van der Waals surface area contributed by atoms with E-state index in [1.165, 1.54) is 7.11 Å². The summed E-state index contributed by atoms with van der Waals surface area (Å²) in [6, 6.07) is 5.77. The fourth-order valence-corrected chi connectivity index (χ4v) is 4.11. The largest absolute Gasteiger partial charge is 0.497 e. The first kappa shape index (κ1) is 21.3. The molecular formula is C18H30N2O4S. The van der Waals surface area contributed by atoms with Crippen molar-refractivity contribution in [1.29, 1.82) is 0 Å². The van der Waals surface area contributed by atoms with E-state index in [4.69, 9.17) is 4.74 Å². The van der Waals surface area contributed by atoms with E-state index >= 15 is 0 Å². The van der Waals surface area contributed by atoms with Crippen LogP contribution in [0, 0.1) is 11.8 Å². The molecule has 6 nitrogen and oxygen atoms in total. The lowest BCUT2D eigenvalue weighted by Crippen LogP contribution is -2.52. The average molecular weight is 371 g/mol. The summed E-state index contributed by atoms with van der Waals surface area (Å²) in [4.78, 5) is 12.7. The molecule has 0 unspecified atom stereocenters. The minimum absolute atomic E-state index is 0.0262. The van der Waals surface area contributed by atoms with Gasteiger partial charge in [-0.1, -0.05) is 33.8 Å². The highest BCUT2D eigenvalue weighted by atomic mass is 32.2. The molecule has 1 N–H and O–H groups in total.